The van der Waals surface area contributed by atoms with Crippen molar-refractivity contribution in [2.24, 2.45) is 0 Å². The van der Waals surface area contributed by atoms with E-state index in [1.54, 1.807) is 17.8 Å². The molecule has 0 amide bonds. The van der Waals surface area contributed by atoms with Crippen molar-refractivity contribution in [3.63, 3.8) is 0 Å². The predicted molar refractivity (Wildman–Crippen MR) is 97.7 cm³/mol. The lowest BCUT2D eigenvalue weighted by molar-refractivity contribution is -0.139. The lowest BCUT2D eigenvalue weighted by Gasteiger charge is -2.22. The molecule has 1 aliphatic carbocycles. The highest BCUT2D eigenvalue weighted by Gasteiger charge is 2.19. The maximum absolute atomic E-state index is 10.8. The molecule has 1 aliphatic rings. The van der Waals surface area contributed by atoms with Crippen molar-refractivity contribution in [2.75, 3.05) is 6.61 Å². The van der Waals surface area contributed by atoms with Crippen molar-refractivity contribution in [3.8, 4) is 5.75 Å². The molecule has 0 aromatic heterocycles. The number of benzene rings is 2. The molecule has 0 aliphatic heterocycles. The number of hydrogen-bond acceptors (Lipinski definition) is 4. The third kappa shape index (κ3) is 4.29. The average molecular weight is 379 g/mol. The molecule has 0 bridgehead atoms. The number of aliphatic carboxylic acids is 1. The highest BCUT2D eigenvalue weighted by Crippen LogP contribution is 2.41. The van der Waals surface area contributed by atoms with Gasteiger partial charge in [0.05, 0.1) is 11.6 Å². The van der Waals surface area contributed by atoms with Crippen LogP contribution in [0.5, 0.6) is 5.75 Å². The van der Waals surface area contributed by atoms with Gasteiger partial charge in [0.1, 0.15) is 5.75 Å². The van der Waals surface area contributed by atoms with Crippen molar-refractivity contribution in [1.82, 2.24) is 0 Å². The molecular formula is C19H19ClO4S. The van der Waals surface area contributed by atoms with Crippen LogP contribution < -0.4 is 4.74 Å². The van der Waals surface area contributed by atoms with Gasteiger partial charge in [0.15, 0.2) is 6.61 Å². The van der Waals surface area contributed by atoms with Gasteiger partial charge in [0.25, 0.3) is 0 Å². The van der Waals surface area contributed by atoms with Gasteiger partial charge in [-0.2, -0.15) is 0 Å². The molecule has 0 radical (unpaired) electrons. The Morgan fingerprint density at radius 2 is 1.84 bits per heavy atom. The van der Waals surface area contributed by atoms with Crippen LogP contribution >= 0.6 is 23.4 Å². The van der Waals surface area contributed by atoms with Gasteiger partial charge in [-0.25, -0.2) is 4.79 Å². The molecule has 0 spiro atoms. The van der Waals surface area contributed by atoms with E-state index < -0.39 is 5.97 Å². The Labute approximate surface area is 155 Å². The number of ether oxygens (including phenoxy) is 1. The molecule has 0 saturated carbocycles. The minimum atomic E-state index is -0.973. The van der Waals surface area contributed by atoms with Gasteiger partial charge in [-0.15, -0.1) is 0 Å². The summed E-state index contributed by atoms with van der Waals surface area (Å²) < 4.78 is 5.46. The lowest BCUT2D eigenvalue weighted by Crippen LogP contribution is -2.13. The quantitative estimate of drug-likeness (QED) is 0.783. The predicted octanol–water partition coefficient (Wildman–Crippen LogP) is 4.33. The third-order valence-corrected chi connectivity index (χ3v) is 5.80. The lowest BCUT2D eigenvalue weighted by atomic mass is 9.91. The first kappa shape index (κ1) is 18.1. The highest BCUT2D eigenvalue weighted by atomic mass is 35.5. The molecule has 0 unspecified atom stereocenters. The third-order valence-electron chi connectivity index (χ3n) is 4.20. The van der Waals surface area contributed by atoms with Gasteiger partial charge in [-0.05, 0) is 66.6 Å². The van der Waals surface area contributed by atoms with Crippen LogP contribution in [0.3, 0.4) is 0 Å². The molecule has 25 heavy (non-hydrogen) atoms. The largest absolute Gasteiger partial charge is 0.482 e. The fourth-order valence-electron chi connectivity index (χ4n) is 3.02. The Hall–Kier alpha value is -1.69. The number of rotatable bonds is 6. The van der Waals surface area contributed by atoms with Crippen molar-refractivity contribution >= 4 is 29.3 Å². The molecular weight excluding hydrogens is 360 g/mol. The zero-order valence-electron chi connectivity index (χ0n) is 13.6. The number of halogens is 1. The Morgan fingerprint density at radius 3 is 2.52 bits per heavy atom. The van der Waals surface area contributed by atoms with Crippen LogP contribution in [0, 0.1) is 0 Å². The van der Waals surface area contributed by atoms with Crippen LogP contribution in [0.4, 0.5) is 0 Å². The SMILES string of the molecule is O=C(O)COc1ccc(Sc2ccc(CO)cc2Cl)c2c1CCCC2. The van der Waals surface area contributed by atoms with E-state index in [0.717, 1.165) is 46.6 Å². The number of fused-ring (bicyclic) bond motifs is 1. The zero-order chi connectivity index (χ0) is 17.8. The van der Waals surface area contributed by atoms with E-state index in [1.807, 2.05) is 24.3 Å². The molecule has 6 heteroatoms. The zero-order valence-corrected chi connectivity index (χ0v) is 15.2. The van der Waals surface area contributed by atoms with E-state index >= 15 is 0 Å². The smallest absolute Gasteiger partial charge is 0.341 e. The number of aliphatic hydroxyl groups is 1. The minimum Gasteiger partial charge on any atom is -0.482 e. The molecule has 0 saturated heterocycles. The second-order valence-corrected chi connectivity index (χ2v) is 7.42. The van der Waals surface area contributed by atoms with Gasteiger partial charge < -0.3 is 14.9 Å². The number of hydrogen-bond donors (Lipinski definition) is 2. The van der Waals surface area contributed by atoms with Crippen LogP contribution in [0.25, 0.3) is 0 Å². The van der Waals surface area contributed by atoms with Crippen LogP contribution in [-0.4, -0.2) is 22.8 Å². The summed E-state index contributed by atoms with van der Waals surface area (Å²) in [5.74, 6) is -0.304. The summed E-state index contributed by atoms with van der Waals surface area (Å²) in [6.45, 7) is -0.358. The van der Waals surface area contributed by atoms with E-state index in [1.165, 1.54) is 5.56 Å². The summed E-state index contributed by atoms with van der Waals surface area (Å²) in [5.41, 5.74) is 3.12. The molecule has 0 atom stereocenters. The van der Waals surface area contributed by atoms with Crippen LogP contribution in [0.2, 0.25) is 5.02 Å². The van der Waals surface area contributed by atoms with Gasteiger partial charge in [-0.1, -0.05) is 29.4 Å². The summed E-state index contributed by atoms with van der Waals surface area (Å²) in [6.07, 6.45) is 4.04. The number of aliphatic hydroxyl groups excluding tert-OH is 1. The first-order valence-electron chi connectivity index (χ1n) is 8.15. The van der Waals surface area contributed by atoms with Gasteiger partial charge in [0.2, 0.25) is 0 Å². The Kier molecular flexibility index (Phi) is 5.89. The second kappa shape index (κ2) is 8.13. The molecule has 2 aromatic rings. The number of carbonyl (C=O) groups is 1. The van der Waals surface area contributed by atoms with Crippen LogP contribution in [0.1, 0.15) is 29.5 Å². The van der Waals surface area contributed by atoms with E-state index in [2.05, 4.69) is 0 Å². The minimum absolute atomic E-state index is 0.0321. The molecule has 2 N–H and O–H groups in total. The highest BCUT2D eigenvalue weighted by molar-refractivity contribution is 7.99. The topological polar surface area (TPSA) is 66.8 Å². The molecule has 0 heterocycles. The van der Waals surface area contributed by atoms with Crippen LogP contribution in [0.15, 0.2) is 40.1 Å². The Bertz CT molecular complexity index is 791. The fraction of sp³-hybridized carbons (Fsp3) is 0.316. The van der Waals surface area contributed by atoms with Gasteiger partial charge in [0, 0.05) is 9.79 Å². The Morgan fingerprint density at radius 1 is 1.12 bits per heavy atom. The molecule has 0 fully saturated rings. The van der Waals surface area contributed by atoms with Gasteiger partial charge in [-0.3, -0.25) is 0 Å². The fourth-order valence-corrected chi connectivity index (χ4v) is 4.35. The molecule has 132 valence electrons. The average Bonchev–Trinajstić information content (AvgIpc) is 2.62. The summed E-state index contributed by atoms with van der Waals surface area (Å²) in [4.78, 5) is 12.8. The second-order valence-electron chi connectivity index (χ2n) is 5.93. The number of carboxylic acid groups (broad SMARTS) is 1. The number of carboxylic acids is 1. The van der Waals surface area contributed by atoms with Crippen molar-refractivity contribution in [1.29, 1.82) is 0 Å². The first-order valence-corrected chi connectivity index (χ1v) is 9.34. The van der Waals surface area contributed by atoms with E-state index in [9.17, 15) is 9.90 Å². The van der Waals surface area contributed by atoms with E-state index in [-0.39, 0.29) is 13.2 Å². The summed E-state index contributed by atoms with van der Waals surface area (Å²) in [6, 6.07) is 9.39. The summed E-state index contributed by atoms with van der Waals surface area (Å²) >= 11 is 7.93. The monoisotopic (exact) mass is 378 g/mol. The van der Waals surface area contributed by atoms with Crippen molar-refractivity contribution < 1.29 is 19.7 Å². The first-order chi connectivity index (χ1) is 12.1. The van der Waals surface area contributed by atoms with E-state index in [4.69, 9.17) is 21.4 Å². The van der Waals surface area contributed by atoms with Crippen molar-refractivity contribution in [3.05, 3.63) is 52.0 Å². The molecule has 2 aromatic carbocycles. The van der Waals surface area contributed by atoms with Gasteiger partial charge >= 0.3 is 5.97 Å². The van der Waals surface area contributed by atoms with Crippen molar-refractivity contribution in [2.45, 2.75) is 42.1 Å². The maximum atomic E-state index is 10.8. The standard InChI is InChI=1S/C19H19ClO4S/c20-15-9-12(10-21)5-7-18(15)25-17-8-6-16(24-11-19(22)23)13-3-1-2-4-14(13)17/h5-9,21H,1-4,10-11H2,(H,22,23). The molecule has 4 nitrogen and oxygen atoms in total. The van der Waals surface area contributed by atoms with Crippen LogP contribution in [-0.2, 0) is 24.2 Å². The normalized spacial score (nSPS) is 13.4. The molecule has 3 rings (SSSR count). The summed E-state index contributed by atoms with van der Waals surface area (Å²) in [7, 11) is 0. The Balaban J connectivity index is 1.90. The van der Waals surface area contributed by atoms with E-state index in [0.29, 0.717) is 10.8 Å². The summed E-state index contributed by atoms with van der Waals surface area (Å²) in [5, 5.41) is 18.7. The maximum Gasteiger partial charge on any atom is 0.341 e.